The molecule has 9 nitrogen and oxygen atoms in total. The number of methoxy groups -OCH3 is 1. The molecule has 2 aromatic rings. The van der Waals surface area contributed by atoms with Crippen molar-refractivity contribution in [3.05, 3.63) is 82.2 Å². The molecule has 8 aliphatic rings. The summed E-state index contributed by atoms with van der Waals surface area (Å²) in [5.74, 6) is 2.08. The molecule has 4 heterocycles. The van der Waals surface area contributed by atoms with Crippen LogP contribution in [0.25, 0.3) is 0 Å². The molecule has 44 heavy (non-hydrogen) atoms. The molecule has 2 fully saturated rings. The Kier molecular flexibility index (Phi) is 5.12. The first-order valence-corrected chi connectivity index (χ1v) is 15.5. The number of rotatable bonds is 1. The molecule has 2 aromatic carbocycles. The van der Waals surface area contributed by atoms with Crippen molar-refractivity contribution < 1.29 is 34.3 Å². The third-order valence-corrected chi connectivity index (χ3v) is 12.1. The summed E-state index contributed by atoms with van der Waals surface area (Å²) in [6.45, 7) is 1.83. The van der Waals surface area contributed by atoms with Crippen LogP contribution in [-0.4, -0.2) is 95.1 Å². The topological polar surface area (TPSA) is 112 Å². The van der Waals surface area contributed by atoms with Gasteiger partial charge in [-0.25, -0.2) is 0 Å². The summed E-state index contributed by atoms with van der Waals surface area (Å²) >= 11 is 0. The SMILES string of the molecule is CN1CC[C@]23c4c5ccc(O)c4OC2C(=O)C=CC3(O)[C@H]1C5.COC1=CC=C2[C@H]3Cc4ccc(O)c5c4[C@@]2(CCN3C)C1O5. The highest BCUT2D eigenvalue weighted by atomic mass is 16.5. The van der Waals surface area contributed by atoms with Crippen molar-refractivity contribution in [2.24, 2.45) is 0 Å². The molecular weight excluding hydrogens is 560 g/mol. The predicted octanol–water partition coefficient (Wildman–Crippen LogP) is 2.64. The second kappa shape index (κ2) is 8.47. The minimum absolute atomic E-state index is 0.0510. The van der Waals surface area contributed by atoms with Gasteiger partial charge in [0.05, 0.1) is 17.9 Å². The van der Waals surface area contributed by atoms with Gasteiger partial charge in [0, 0.05) is 23.2 Å². The first-order valence-electron chi connectivity index (χ1n) is 15.5. The molecule has 2 saturated heterocycles. The number of aromatic hydroxyl groups is 2. The zero-order chi connectivity index (χ0) is 30.3. The van der Waals surface area contributed by atoms with Crippen LogP contribution in [-0.2, 0) is 33.2 Å². The molecule has 10 rings (SSSR count). The summed E-state index contributed by atoms with van der Waals surface area (Å²) in [4.78, 5) is 17.0. The molecule has 9 heteroatoms. The maximum Gasteiger partial charge on any atom is 0.196 e. The minimum Gasteiger partial charge on any atom is -0.504 e. The van der Waals surface area contributed by atoms with E-state index in [1.54, 1.807) is 25.3 Å². The zero-order valence-corrected chi connectivity index (χ0v) is 25.0. The first kappa shape index (κ1) is 26.6. The maximum absolute atomic E-state index is 12.4. The van der Waals surface area contributed by atoms with Crippen LogP contribution in [0.4, 0.5) is 0 Å². The lowest BCUT2D eigenvalue weighted by atomic mass is 9.51. The van der Waals surface area contributed by atoms with Crippen LogP contribution < -0.4 is 9.47 Å². The van der Waals surface area contributed by atoms with Gasteiger partial charge in [0.2, 0.25) is 0 Å². The molecule has 0 aromatic heterocycles. The van der Waals surface area contributed by atoms with Crippen molar-refractivity contribution in [2.45, 2.75) is 66.4 Å². The number of aliphatic hydroxyl groups is 1. The molecule has 7 atom stereocenters. The zero-order valence-electron chi connectivity index (χ0n) is 25.0. The Bertz CT molecular complexity index is 1760. The maximum atomic E-state index is 12.4. The highest BCUT2D eigenvalue weighted by molar-refractivity contribution is 5.99. The number of carbonyl (C=O) groups excluding carboxylic acids is 1. The second-order valence-corrected chi connectivity index (χ2v) is 13.7. The summed E-state index contributed by atoms with van der Waals surface area (Å²) in [5.41, 5.74) is 3.80. The molecule has 2 spiro atoms. The highest BCUT2D eigenvalue weighted by Gasteiger charge is 2.71. The Morgan fingerprint density at radius 2 is 1.57 bits per heavy atom. The van der Waals surface area contributed by atoms with Crippen LogP contribution in [0.2, 0.25) is 0 Å². The van der Waals surface area contributed by atoms with E-state index in [0.29, 0.717) is 30.4 Å². The van der Waals surface area contributed by atoms with Crippen LogP contribution in [0.5, 0.6) is 23.0 Å². The van der Waals surface area contributed by atoms with E-state index in [1.165, 1.54) is 22.8 Å². The van der Waals surface area contributed by atoms with E-state index < -0.39 is 17.1 Å². The van der Waals surface area contributed by atoms with Gasteiger partial charge in [0.25, 0.3) is 0 Å². The van der Waals surface area contributed by atoms with Crippen LogP contribution in [0.1, 0.15) is 35.1 Å². The van der Waals surface area contributed by atoms with Gasteiger partial charge in [-0.3, -0.25) is 14.6 Å². The van der Waals surface area contributed by atoms with Crippen molar-refractivity contribution in [2.75, 3.05) is 34.3 Å². The summed E-state index contributed by atoms with van der Waals surface area (Å²) in [6, 6.07) is 7.69. The molecule has 0 radical (unpaired) electrons. The third kappa shape index (κ3) is 2.85. The predicted molar refractivity (Wildman–Crippen MR) is 160 cm³/mol. The van der Waals surface area contributed by atoms with Crippen LogP contribution in [0, 0.1) is 0 Å². The van der Waals surface area contributed by atoms with Crippen molar-refractivity contribution in [3.63, 3.8) is 0 Å². The van der Waals surface area contributed by atoms with Crippen molar-refractivity contribution in [3.8, 4) is 23.0 Å². The molecule has 4 aliphatic carbocycles. The largest absolute Gasteiger partial charge is 0.504 e. The van der Waals surface area contributed by atoms with E-state index in [9.17, 15) is 20.1 Å². The van der Waals surface area contributed by atoms with Crippen molar-refractivity contribution >= 4 is 5.78 Å². The molecule has 4 bridgehead atoms. The Morgan fingerprint density at radius 1 is 0.886 bits per heavy atom. The molecule has 0 amide bonds. The second-order valence-electron chi connectivity index (χ2n) is 13.7. The number of piperidine rings is 2. The minimum atomic E-state index is -1.13. The van der Waals surface area contributed by atoms with E-state index in [1.807, 2.05) is 19.2 Å². The number of carbonyl (C=O) groups is 1. The van der Waals surface area contributed by atoms with E-state index >= 15 is 0 Å². The summed E-state index contributed by atoms with van der Waals surface area (Å²) < 4.78 is 17.7. The number of hydrogen-bond acceptors (Lipinski definition) is 9. The van der Waals surface area contributed by atoms with Gasteiger partial charge in [-0.2, -0.15) is 0 Å². The van der Waals surface area contributed by atoms with E-state index in [-0.39, 0.29) is 34.8 Å². The van der Waals surface area contributed by atoms with Crippen molar-refractivity contribution in [1.82, 2.24) is 9.80 Å². The van der Waals surface area contributed by atoms with Gasteiger partial charge >= 0.3 is 0 Å². The van der Waals surface area contributed by atoms with Crippen LogP contribution in [0.15, 0.2) is 59.9 Å². The van der Waals surface area contributed by atoms with E-state index in [0.717, 1.165) is 42.8 Å². The number of likely N-dealkylation sites (tertiary alicyclic amines) is 2. The summed E-state index contributed by atoms with van der Waals surface area (Å²) in [6.07, 6.45) is 9.81. The number of ether oxygens (including phenoxy) is 3. The standard InChI is InChI=1S/C18H19NO3.C17H17NO4/c1-19-8-7-18-11-4-6-14(21-2)17(18)22-16-13(20)5-3-10(15(16)18)9-12(11)19;1-18-7-6-16-13-9-2-3-10(19)14(13)22-15(16)11(20)4-5-17(16,21)12(18)8-9/h3-6,12,17,20H,7-9H2,1-2H3;2-5,12,15,19,21H,6-8H2,1H3/t12-,17?,18+;12-,15?,16+,17?/m11/s1. The fourth-order valence-electron chi connectivity index (χ4n) is 10.1. The smallest absolute Gasteiger partial charge is 0.196 e. The normalized spacial score (nSPS) is 37.9. The monoisotopic (exact) mass is 596 g/mol. The highest BCUT2D eigenvalue weighted by Crippen LogP contribution is 2.64. The molecule has 4 aliphatic heterocycles. The number of nitrogens with zero attached hydrogens (tertiary/aromatic N) is 2. The lowest BCUT2D eigenvalue weighted by molar-refractivity contribution is -0.151. The Labute approximate surface area is 255 Å². The average Bonchev–Trinajstić information content (AvgIpc) is 3.56. The summed E-state index contributed by atoms with van der Waals surface area (Å²) in [7, 11) is 5.91. The van der Waals surface area contributed by atoms with Gasteiger partial charge in [-0.1, -0.05) is 18.2 Å². The lowest BCUT2D eigenvalue weighted by Gasteiger charge is -2.60. The Balaban J connectivity index is 0.000000123. The van der Waals surface area contributed by atoms with Gasteiger partial charge in [0.15, 0.2) is 41.0 Å². The number of ketones is 1. The molecule has 228 valence electrons. The van der Waals surface area contributed by atoms with Crippen LogP contribution >= 0.6 is 0 Å². The Hall–Kier alpha value is -3.79. The number of benzene rings is 2. The number of phenols is 2. The van der Waals surface area contributed by atoms with Gasteiger partial charge in [0.1, 0.15) is 11.4 Å². The third-order valence-electron chi connectivity index (χ3n) is 12.1. The molecular formula is C35H36N2O7. The number of phenolic OH excluding ortho intramolecular Hbond substituents is 2. The first-order chi connectivity index (χ1) is 21.2. The van der Waals surface area contributed by atoms with Crippen molar-refractivity contribution in [1.29, 1.82) is 0 Å². The van der Waals surface area contributed by atoms with Gasteiger partial charge in [-0.05, 0) is 99.9 Å². The Morgan fingerprint density at radius 3 is 2.32 bits per heavy atom. The molecule has 3 unspecified atom stereocenters. The average molecular weight is 597 g/mol. The lowest BCUT2D eigenvalue weighted by Crippen LogP contribution is -2.74. The number of hydrogen-bond donors (Lipinski definition) is 3. The fourth-order valence-corrected chi connectivity index (χ4v) is 10.1. The van der Waals surface area contributed by atoms with Crippen LogP contribution in [0.3, 0.4) is 0 Å². The summed E-state index contributed by atoms with van der Waals surface area (Å²) in [5, 5.41) is 32.0. The number of allylic oxidation sites excluding steroid dienone is 2. The molecule has 3 N–H and O–H groups in total. The quantitative estimate of drug-likeness (QED) is 0.458. The van der Waals surface area contributed by atoms with Gasteiger partial charge < -0.3 is 29.5 Å². The van der Waals surface area contributed by atoms with E-state index in [2.05, 4.69) is 29.0 Å². The van der Waals surface area contributed by atoms with E-state index in [4.69, 9.17) is 14.2 Å². The molecule has 0 saturated carbocycles. The van der Waals surface area contributed by atoms with Gasteiger partial charge in [-0.15, -0.1) is 0 Å². The fraction of sp³-hybridized carbons (Fsp3) is 0.457. The number of likely N-dealkylation sites (N-methyl/N-ethyl adjacent to an activating group) is 2.